The fourth-order valence-electron chi connectivity index (χ4n) is 4.53. The van der Waals surface area contributed by atoms with Crippen LogP contribution in [0.5, 0.6) is 5.75 Å². The summed E-state index contributed by atoms with van der Waals surface area (Å²) in [5.41, 5.74) is 0.800. The van der Waals surface area contributed by atoms with Crippen LogP contribution in [0.4, 0.5) is 13.2 Å². The summed E-state index contributed by atoms with van der Waals surface area (Å²) in [5.74, 6) is 2.58. The number of alkyl halides is 3. The van der Waals surface area contributed by atoms with Gasteiger partial charge in [0.15, 0.2) is 0 Å². The van der Waals surface area contributed by atoms with E-state index in [0.29, 0.717) is 17.6 Å². The van der Waals surface area contributed by atoms with E-state index in [1.54, 1.807) is 0 Å². The molecule has 2 aliphatic carbocycles. The Morgan fingerprint density at radius 3 is 2.74 bits per heavy atom. The number of hydrogen-bond donors (Lipinski definition) is 1. The van der Waals surface area contributed by atoms with Gasteiger partial charge in [-0.1, -0.05) is 19.3 Å². The minimum Gasteiger partial charge on any atom is -0.406 e. The zero-order valence-corrected chi connectivity index (χ0v) is 15.0. The van der Waals surface area contributed by atoms with Crippen LogP contribution in [0.2, 0.25) is 0 Å². The van der Waals surface area contributed by atoms with E-state index < -0.39 is 6.36 Å². The van der Waals surface area contributed by atoms with Crippen molar-refractivity contribution in [1.29, 1.82) is 0 Å². The number of aromatic nitrogens is 2. The SMILES string of the molecule is O=c1[nH]c2cc(OC(F)(F)F)ccc2nc1CCCCC[C@H]1CCC2CC21. The number of H-pyrrole nitrogens is 1. The Hall–Kier alpha value is -2.05. The number of nitrogens with zero attached hydrogens (tertiary/aromatic N) is 1. The number of aryl methyl sites for hydroxylation is 1. The van der Waals surface area contributed by atoms with Gasteiger partial charge < -0.3 is 9.72 Å². The normalized spacial score (nSPS) is 24.2. The lowest BCUT2D eigenvalue weighted by Gasteiger charge is -2.11. The molecule has 0 spiro atoms. The van der Waals surface area contributed by atoms with Crippen molar-refractivity contribution in [2.75, 3.05) is 0 Å². The van der Waals surface area contributed by atoms with Crippen LogP contribution in [-0.2, 0) is 6.42 Å². The highest BCUT2D eigenvalue weighted by Gasteiger charge is 2.47. The second-order valence-corrected chi connectivity index (χ2v) is 7.84. The smallest absolute Gasteiger partial charge is 0.406 e. The molecule has 2 fully saturated rings. The highest BCUT2D eigenvalue weighted by atomic mass is 19.4. The summed E-state index contributed by atoms with van der Waals surface area (Å²) in [5, 5.41) is 0. The number of aromatic amines is 1. The summed E-state index contributed by atoms with van der Waals surface area (Å²) < 4.78 is 40.8. The summed E-state index contributed by atoms with van der Waals surface area (Å²) in [4.78, 5) is 19.1. The van der Waals surface area contributed by atoms with E-state index in [0.717, 1.165) is 36.7 Å². The standard InChI is InChI=1S/C20H23F3N2O2/c21-20(22,23)27-14-8-9-16-18(11-14)25-19(26)17(24-16)5-3-1-2-4-12-6-7-13-10-15(12)13/h8-9,11-13,15H,1-7,10H2,(H,25,26)/t12-,13?,15?/m0/s1. The van der Waals surface area contributed by atoms with Crippen LogP contribution in [-0.4, -0.2) is 16.3 Å². The average molecular weight is 380 g/mol. The fourth-order valence-corrected chi connectivity index (χ4v) is 4.53. The van der Waals surface area contributed by atoms with Gasteiger partial charge in [0.2, 0.25) is 0 Å². The lowest BCUT2D eigenvalue weighted by molar-refractivity contribution is -0.274. The fraction of sp³-hybridized carbons (Fsp3) is 0.600. The molecule has 0 aliphatic heterocycles. The molecule has 1 aromatic heterocycles. The first-order valence-corrected chi connectivity index (χ1v) is 9.68. The van der Waals surface area contributed by atoms with Crippen molar-refractivity contribution in [3.63, 3.8) is 0 Å². The van der Waals surface area contributed by atoms with E-state index in [1.807, 2.05) is 0 Å². The molecule has 2 unspecified atom stereocenters. The minimum absolute atomic E-state index is 0.241. The van der Waals surface area contributed by atoms with E-state index in [9.17, 15) is 18.0 Å². The third kappa shape index (κ3) is 4.45. The van der Waals surface area contributed by atoms with Crippen molar-refractivity contribution in [2.45, 2.75) is 57.7 Å². The van der Waals surface area contributed by atoms with Crippen molar-refractivity contribution in [3.05, 3.63) is 34.2 Å². The summed E-state index contributed by atoms with van der Waals surface area (Å²) in [6.07, 6.45) is 4.54. The topological polar surface area (TPSA) is 55.0 Å². The predicted molar refractivity (Wildman–Crippen MR) is 95.5 cm³/mol. The van der Waals surface area contributed by atoms with Crippen molar-refractivity contribution >= 4 is 11.0 Å². The molecule has 2 aliphatic rings. The Kier molecular flexibility index (Phi) is 4.86. The van der Waals surface area contributed by atoms with Gasteiger partial charge in [0.25, 0.3) is 5.56 Å². The van der Waals surface area contributed by atoms with Crippen LogP contribution in [0.15, 0.2) is 23.0 Å². The summed E-state index contributed by atoms with van der Waals surface area (Å²) in [6.45, 7) is 0. The minimum atomic E-state index is -4.76. The summed E-state index contributed by atoms with van der Waals surface area (Å²) >= 11 is 0. The van der Waals surface area contributed by atoms with Crippen molar-refractivity contribution < 1.29 is 17.9 Å². The maximum atomic E-state index is 12.3. The second-order valence-electron chi connectivity index (χ2n) is 7.84. The Morgan fingerprint density at radius 2 is 2.04 bits per heavy atom. The van der Waals surface area contributed by atoms with Crippen LogP contribution in [0.3, 0.4) is 0 Å². The van der Waals surface area contributed by atoms with Gasteiger partial charge >= 0.3 is 6.36 Å². The van der Waals surface area contributed by atoms with E-state index in [-0.39, 0.29) is 16.8 Å². The van der Waals surface area contributed by atoms with Gasteiger partial charge in [0, 0.05) is 6.07 Å². The van der Waals surface area contributed by atoms with Crippen molar-refractivity contribution in [3.8, 4) is 5.75 Å². The summed E-state index contributed by atoms with van der Waals surface area (Å²) in [7, 11) is 0. The van der Waals surface area contributed by atoms with Gasteiger partial charge in [0.1, 0.15) is 11.4 Å². The Morgan fingerprint density at radius 1 is 1.19 bits per heavy atom. The average Bonchev–Trinajstić information content (AvgIpc) is 3.27. The van der Waals surface area contributed by atoms with Crippen LogP contribution < -0.4 is 10.3 Å². The van der Waals surface area contributed by atoms with Crippen molar-refractivity contribution in [2.24, 2.45) is 17.8 Å². The number of rotatable bonds is 7. The molecule has 2 aromatic rings. The molecule has 0 amide bonds. The number of hydrogen-bond acceptors (Lipinski definition) is 3. The van der Waals surface area contributed by atoms with Gasteiger partial charge in [-0.3, -0.25) is 4.79 Å². The third-order valence-electron chi connectivity index (χ3n) is 5.95. The van der Waals surface area contributed by atoms with Crippen molar-refractivity contribution in [1.82, 2.24) is 9.97 Å². The van der Waals surface area contributed by atoms with Gasteiger partial charge in [0.05, 0.1) is 11.0 Å². The molecule has 1 N–H and O–H groups in total. The molecule has 27 heavy (non-hydrogen) atoms. The highest BCUT2D eigenvalue weighted by molar-refractivity contribution is 5.75. The zero-order valence-electron chi connectivity index (χ0n) is 15.0. The van der Waals surface area contributed by atoms with Crippen LogP contribution in [0.25, 0.3) is 11.0 Å². The third-order valence-corrected chi connectivity index (χ3v) is 5.95. The molecule has 0 radical (unpaired) electrons. The van der Waals surface area contributed by atoms with Crippen LogP contribution in [0.1, 0.15) is 50.6 Å². The van der Waals surface area contributed by atoms with Crippen LogP contribution >= 0.6 is 0 Å². The predicted octanol–water partition coefficient (Wildman–Crippen LogP) is 4.97. The lowest BCUT2D eigenvalue weighted by atomic mass is 9.96. The van der Waals surface area contributed by atoms with E-state index >= 15 is 0 Å². The zero-order chi connectivity index (χ0) is 19.0. The second kappa shape index (κ2) is 7.17. The van der Waals surface area contributed by atoms with E-state index in [2.05, 4.69) is 14.7 Å². The van der Waals surface area contributed by atoms with Gasteiger partial charge in [-0.05, 0) is 62.0 Å². The molecule has 1 aromatic carbocycles. The first-order valence-electron chi connectivity index (χ1n) is 9.68. The number of benzene rings is 1. The maximum absolute atomic E-state index is 12.3. The molecular weight excluding hydrogens is 357 g/mol. The van der Waals surface area contributed by atoms with Crippen LogP contribution in [0, 0.1) is 17.8 Å². The lowest BCUT2D eigenvalue weighted by Crippen LogP contribution is -2.18. The van der Waals surface area contributed by atoms with Gasteiger partial charge in [-0.2, -0.15) is 0 Å². The van der Waals surface area contributed by atoms with Gasteiger partial charge in [-0.15, -0.1) is 13.2 Å². The molecule has 1 heterocycles. The maximum Gasteiger partial charge on any atom is 0.573 e. The van der Waals surface area contributed by atoms with E-state index in [1.165, 1.54) is 44.2 Å². The Labute approximate surface area is 155 Å². The summed E-state index contributed by atoms with van der Waals surface area (Å²) in [6, 6.07) is 3.79. The number of unbranched alkanes of at least 4 members (excludes halogenated alkanes) is 2. The highest BCUT2D eigenvalue weighted by Crippen LogP contribution is 2.56. The number of halogens is 3. The number of nitrogens with one attached hydrogen (secondary N) is 1. The molecule has 0 saturated heterocycles. The molecule has 2 saturated carbocycles. The number of fused-ring (bicyclic) bond motifs is 2. The Balaban J connectivity index is 1.32. The first-order chi connectivity index (χ1) is 12.9. The first kappa shape index (κ1) is 18.3. The molecule has 146 valence electrons. The van der Waals surface area contributed by atoms with E-state index in [4.69, 9.17) is 0 Å². The molecule has 4 nitrogen and oxygen atoms in total. The molecule has 7 heteroatoms. The quantitative estimate of drug-likeness (QED) is 0.690. The molecule has 4 rings (SSSR count). The largest absolute Gasteiger partial charge is 0.573 e. The monoisotopic (exact) mass is 380 g/mol. The molecule has 0 bridgehead atoms. The number of ether oxygens (including phenoxy) is 1. The molecule has 3 atom stereocenters. The van der Waals surface area contributed by atoms with Gasteiger partial charge in [-0.25, -0.2) is 4.98 Å². The molecular formula is C20H23F3N2O2. The Bertz CT molecular complexity index is 878.